The summed E-state index contributed by atoms with van der Waals surface area (Å²) in [6.07, 6.45) is 0. The van der Waals surface area contributed by atoms with Gasteiger partial charge < -0.3 is 20.1 Å². The molecule has 0 bridgehead atoms. The van der Waals surface area contributed by atoms with E-state index in [1.54, 1.807) is 24.1 Å². The van der Waals surface area contributed by atoms with Gasteiger partial charge in [-0.05, 0) is 17.7 Å². The van der Waals surface area contributed by atoms with E-state index >= 15 is 0 Å². The summed E-state index contributed by atoms with van der Waals surface area (Å²) >= 11 is 0. The normalized spacial score (nSPS) is 19.5. The smallest absolute Gasteiger partial charge is 0.242 e. The van der Waals surface area contributed by atoms with Crippen LogP contribution < -0.4 is 5.32 Å². The molecule has 0 spiro atoms. The van der Waals surface area contributed by atoms with Gasteiger partial charge in [-0.1, -0.05) is 12.1 Å². The van der Waals surface area contributed by atoms with Crippen molar-refractivity contribution in [1.29, 1.82) is 0 Å². The predicted octanol–water partition coefficient (Wildman–Crippen LogP) is 0.339. The van der Waals surface area contributed by atoms with Gasteiger partial charge in [0.1, 0.15) is 11.8 Å². The number of carbonyl (C=O) groups is 1. The first kappa shape index (κ1) is 12.9. The number of rotatable bonds is 3. The summed E-state index contributed by atoms with van der Waals surface area (Å²) in [5, 5.41) is 12.3. The van der Waals surface area contributed by atoms with Crippen LogP contribution >= 0.6 is 0 Å². The number of amides is 1. The van der Waals surface area contributed by atoms with E-state index in [1.165, 1.54) is 0 Å². The van der Waals surface area contributed by atoms with E-state index < -0.39 is 0 Å². The number of benzene rings is 1. The van der Waals surface area contributed by atoms with E-state index in [1.807, 2.05) is 12.1 Å². The second-order valence-electron chi connectivity index (χ2n) is 4.44. The molecule has 1 aliphatic rings. The average molecular weight is 250 g/mol. The summed E-state index contributed by atoms with van der Waals surface area (Å²) in [6, 6.07) is 6.61. The average Bonchev–Trinajstić information content (AvgIpc) is 2.41. The van der Waals surface area contributed by atoms with E-state index in [2.05, 4.69) is 5.32 Å². The zero-order valence-electron chi connectivity index (χ0n) is 10.4. The molecule has 1 unspecified atom stereocenters. The maximum absolute atomic E-state index is 12.1. The van der Waals surface area contributed by atoms with Crippen molar-refractivity contribution in [2.24, 2.45) is 0 Å². The third kappa shape index (κ3) is 3.21. The molecular weight excluding hydrogens is 232 g/mol. The summed E-state index contributed by atoms with van der Waals surface area (Å²) in [6.45, 7) is 2.32. The molecule has 1 aromatic carbocycles. The first-order chi connectivity index (χ1) is 8.66. The first-order valence-electron chi connectivity index (χ1n) is 6.01. The molecule has 1 atom stereocenters. The highest BCUT2D eigenvalue weighted by Crippen LogP contribution is 2.11. The molecule has 5 heteroatoms. The van der Waals surface area contributed by atoms with Gasteiger partial charge in [0.05, 0.1) is 13.2 Å². The molecule has 1 fully saturated rings. The Morgan fingerprint density at radius 3 is 2.83 bits per heavy atom. The van der Waals surface area contributed by atoms with Crippen molar-refractivity contribution in [2.75, 3.05) is 26.8 Å². The fourth-order valence-corrected chi connectivity index (χ4v) is 1.94. The number of likely N-dealkylation sites (N-methyl/N-ethyl adjacent to an activating group) is 1. The van der Waals surface area contributed by atoms with Gasteiger partial charge in [-0.15, -0.1) is 0 Å². The molecule has 5 nitrogen and oxygen atoms in total. The van der Waals surface area contributed by atoms with Crippen molar-refractivity contribution in [3.63, 3.8) is 0 Å². The largest absolute Gasteiger partial charge is 0.508 e. The van der Waals surface area contributed by atoms with Crippen LogP contribution in [0.4, 0.5) is 0 Å². The zero-order chi connectivity index (χ0) is 13.0. The lowest BCUT2D eigenvalue weighted by molar-refractivity contribution is -0.135. The Balaban J connectivity index is 1.92. The van der Waals surface area contributed by atoms with Crippen molar-refractivity contribution < 1.29 is 14.6 Å². The molecule has 18 heavy (non-hydrogen) atoms. The predicted molar refractivity (Wildman–Crippen MR) is 67.2 cm³/mol. The van der Waals surface area contributed by atoms with Gasteiger partial charge in [-0.3, -0.25) is 4.79 Å². The molecule has 1 amide bonds. The summed E-state index contributed by atoms with van der Waals surface area (Å²) in [5.74, 6) is 0.262. The quantitative estimate of drug-likeness (QED) is 0.812. The summed E-state index contributed by atoms with van der Waals surface area (Å²) < 4.78 is 5.28. The number of phenolic OH excluding ortho intramolecular Hbond substituents is 1. The maximum atomic E-state index is 12.1. The molecule has 98 valence electrons. The molecule has 0 saturated carbocycles. The highest BCUT2D eigenvalue weighted by molar-refractivity contribution is 5.81. The number of aromatic hydroxyl groups is 1. The Labute approximate surface area is 106 Å². The Morgan fingerprint density at radius 2 is 2.22 bits per heavy atom. The summed E-state index contributed by atoms with van der Waals surface area (Å²) in [5.41, 5.74) is 0.986. The van der Waals surface area contributed by atoms with Gasteiger partial charge in [0.25, 0.3) is 0 Å². The van der Waals surface area contributed by atoms with Crippen LogP contribution in [0.5, 0.6) is 5.75 Å². The lowest BCUT2D eigenvalue weighted by atomic mass is 10.2. The molecule has 1 aliphatic heterocycles. The molecular formula is C13H18N2O3. The number of nitrogens with zero attached hydrogens (tertiary/aromatic N) is 1. The molecule has 0 aromatic heterocycles. The third-order valence-corrected chi connectivity index (χ3v) is 2.95. The standard InChI is InChI=1S/C13H18N2O3/c1-15(8-10-2-4-11(16)5-3-10)13(17)12-9-18-7-6-14-12/h2-5,12,14,16H,6-9H2,1H3. The fourth-order valence-electron chi connectivity index (χ4n) is 1.94. The number of phenols is 1. The lowest BCUT2D eigenvalue weighted by Gasteiger charge is -2.27. The van der Waals surface area contributed by atoms with Crippen molar-refractivity contribution in [2.45, 2.75) is 12.6 Å². The van der Waals surface area contributed by atoms with Gasteiger partial charge in [-0.2, -0.15) is 0 Å². The molecule has 1 aromatic rings. The minimum atomic E-state index is -0.249. The maximum Gasteiger partial charge on any atom is 0.242 e. The van der Waals surface area contributed by atoms with Gasteiger partial charge in [-0.25, -0.2) is 0 Å². The summed E-state index contributed by atoms with van der Waals surface area (Å²) in [7, 11) is 1.77. The van der Waals surface area contributed by atoms with Crippen molar-refractivity contribution in [3.05, 3.63) is 29.8 Å². The SMILES string of the molecule is CN(Cc1ccc(O)cc1)C(=O)C1COCCN1. The Kier molecular flexibility index (Phi) is 4.17. The molecule has 0 radical (unpaired) electrons. The molecule has 2 N–H and O–H groups in total. The number of nitrogens with one attached hydrogen (secondary N) is 1. The highest BCUT2D eigenvalue weighted by atomic mass is 16.5. The molecule has 1 heterocycles. The van der Waals surface area contributed by atoms with E-state index in [9.17, 15) is 9.90 Å². The van der Waals surface area contributed by atoms with Gasteiger partial charge >= 0.3 is 0 Å². The van der Waals surface area contributed by atoms with Gasteiger partial charge in [0.2, 0.25) is 5.91 Å². The van der Waals surface area contributed by atoms with Crippen LogP contribution in [0, 0.1) is 0 Å². The van der Waals surface area contributed by atoms with Crippen LogP contribution in [0.15, 0.2) is 24.3 Å². The lowest BCUT2D eigenvalue weighted by Crippen LogP contribution is -2.51. The fraction of sp³-hybridized carbons (Fsp3) is 0.462. The number of carbonyl (C=O) groups excluding carboxylic acids is 1. The van der Waals surface area contributed by atoms with Crippen molar-refractivity contribution >= 4 is 5.91 Å². The zero-order valence-corrected chi connectivity index (χ0v) is 10.4. The number of ether oxygens (including phenoxy) is 1. The van der Waals surface area contributed by atoms with Crippen LogP contribution in [0.3, 0.4) is 0 Å². The van der Waals surface area contributed by atoms with Gasteiger partial charge in [0.15, 0.2) is 0 Å². The van der Waals surface area contributed by atoms with Crippen LogP contribution in [0.2, 0.25) is 0 Å². The Morgan fingerprint density at radius 1 is 1.50 bits per heavy atom. The Hall–Kier alpha value is -1.59. The third-order valence-electron chi connectivity index (χ3n) is 2.95. The van der Waals surface area contributed by atoms with Crippen LogP contribution in [0.1, 0.15) is 5.56 Å². The second kappa shape index (κ2) is 5.84. The Bertz CT molecular complexity index is 399. The minimum absolute atomic E-state index is 0.0303. The first-order valence-corrected chi connectivity index (χ1v) is 6.01. The van der Waals surface area contributed by atoms with E-state index in [-0.39, 0.29) is 17.7 Å². The topological polar surface area (TPSA) is 61.8 Å². The number of hydrogen-bond donors (Lipinski definition) is 2. The second-order valence-corrected chi connectivity index (χ2v) is 4.44. The van der Waals surface area contributed by atoms with E-state index in [4.69, 9.17) is 4.74 Å². The van der Waals surface area contributed by atoms with Crippen LogP contribution in [0.25, 0.3) is 0 Å². The van der Waals surface area contributed by atoms with Crippen molar-refractivity contribution in [1.82, 2.24) is 10.2 Å². The van der Waals surface area contributed by atoms with Crippen molar-refractivity contribution in [3.8, 4) is 5.75 Å². The molecule has 0 aliphatic carbocycles. The number of morpholine rings is 1. The van der Waals surface area contributed by atoms with E-state index in [0.29, 0.717) is 26.3 Å². The number of hydrogen-bond acceptors (Lipinski definition) is 4. The molecule has 1 saturated heterocycles. The van der Waals surface area contributed by atoms with Crippen LogP contribution in [-0.4, -0.2) is 48.8 Å². The summed E-state index contributed by atoms with van der Waals surface area (Å²) in [4.78, 5) is 13.8. The monoisotopic (exact) mass is 250 g/mol. The van der Waals surface area contributed by atoms with Crippen LogP contribution in [-0.2, 0) is 16.1 Å². The van der Waals surface area contributed by atoms with Gasteiger partial charge in [0, 0.05) is 20.1 Å². The molecule has 2 rings (SSSR count). The highest BCUT2D eigenvalue weighted by Gasteiger charge is 2.24. The van der Waals surface area contributed by atoms with E-state index in [0.717, 1.165) is 5.56 Å². The minimum Gasteiger partial charge on any atom is -0.508 e.